The fourth-order valence-electron chi connectivity index (χ4n) is 3.96. The molecular weight excluding hydrogens is 462 g/mol. The molecule has 0 fully saturated rings. The van der Waals surface area contributed by atoms with Gasteiger partial charge in [0.1, 0.15) is 11.5 Å². The van der Waals surface area contributed by atoms with Crippen LogP contribution in [0.25, 0.3) is 22.3 Å². The molecule has 0 unspecified atom stereocenters. The van der Waals surface area contributed by atoms with E-state index in [-0.39, 0.29) is 0 Å². The topological polar surface area (TPSA) is 65.3 Å². The number of fused-ring (bicyclic) bond motifs is 1. The van der Waals surface area contributed by atoms with Crippen LogP contribution in [0.3, 0.4) is 0 Å². The standard InChI is InChI=1S/C27H24ClN5O2/c1-32-17-19(14-30-32)27-15-29-25-8-7-21(12-26(25)31-27)33(16-18-5-4-6-20(28)9-18)22-10-23(34-2)13-24(11-22)35-3/h4-15,17H,16H2,1-3H3. The number of nitrogens with zero attached hydrogens (tertiary/aromatic N) is 5. The molecule has 0 saturated heterocycles. The van der Waals surface area contributed by atoms with Crippen molar-refractivity contribution in [3.63, 3.8) is 0 Å². The molecule has 0 atom stereocenters. The van der Waals surface area contributed by atoms with Crippen LogP contribution in [-0.4, -0.2) is 34.0 Å². The lowest BCUT2D eigenvalue weighted by Crippen LogP contribution is -2.17. The van der Waals surface area contributed by atoms with Crippen molar-refractivity contribution in [2.24, 2.45) is 7.05 Å². The summed E-state index contributed by atoms with van der Waals surface area (Å²) in [6, 6.07) is 19.7. The molecule has 0 saturated carbocycles. The number of aromatic nitrogens is 4. The maximum Gasteiger partial charge on any atom is 0.124 e. The number of aryl methyl sites for hydroxylation is 1. The molecule has 176 valence electrons. The predicted molar refractivity (Wildman–Crippen MR) is 139 cm³/mol. The molecule has 0 amide bonds. The number of ether oxygens (including phenoxy) is 2. The van der Waals surface area contributed by atoms with Crippen LogP contribution >= 0.6 is 11.6 Å². The summed E-state index contributed by atoms with van der Waals surface area (Å²) in [5, 5.41) is 4.94. The van der Waals surface area contributed by atoms with Crippen LogP contribution in [0.15, 0.2) is 79.3 Å². The molecule has 0 bridgehead atoms. The second kappa shape index (κ2) is 9.64. The highest BCUT2D eigenvalue weighted by Crippen LogP contribution is 2.35. The van der Waals surface area contributed by atoms with Gasteiger partial charge in [0.25, 0.3) is 0 Å². The van der Waals surface area contributed by atoms with E-state index in [4.69, 9.17) is 26.1 Å². The first kappa shape index (κ1) is 22.7. The van der Waals surface area contributed by atoms with Crippen LogP contribution in [0.5, 0.6) is 11.5 Å². The van der Waals surface area contributed by atoms with Gasteiger partial charge in [-0.25, -0.2) is 4.98 Å². The third-order valence-corrected chi connectivity index (χ3v) is 5.95. The number of halogens is 1. The number of methoxy groups -OCH3 is 2. The minimum Gasteiger partial charge on any atom is -0.497 e. The van der Waals surface area contributed by atoms with Crippen LogP contribution < -0.4 is 14.4 Å². The Bertz CT molecular complexity index is 1480. The van der Waals surface area contributed by atoms with E-state index in [0.717, 1.165) is 39.2 Å². The zero-order chi connectivity index (χ0) is 24.4. The Hall–Kier alpha value is -4.10. The number of anilines is 2. The van der Waals surface area contributed by atoms with E-state index in [0.29, 0.717) is 23.1 Å². The average molecular weight is 486 g/mol. The summed E-state index contributed by atoms with van der Waals surface area (Å²) in [5.74, 6) is 1.41. The van der Waals surface area contributed by atoms with Gasteiger partial charge in [-0.05, 0) is 35.9 Å². The zero-order valence-electron chi connectivity index (χ0n) is 19.6. The lowest BCUT2D eigenvalue weighted by Gasteiger charge is -2.26. The van der Waals surface area contributed by atoms with Gasteiger partial charge in [0.05, 0.1) is 43.3 Å². The quantitative estimate of drug-likeness (QED) is 0.280. The Morgan fingerprint density at radius 2 is 1.69 bits per heavy atom. The highest BCUT2D eigenvalue weighted by atomic mass is 35.5. The molecule has 0 N–H and O–H groups in total. The molecule has 7 nitrogen and oxygen atoms in total. The Labute approximate surface area is 208 Å². The van der Waals surface area contributed by atoms with Gasteiger partial charge in [-0.3, -0.25) is 9.67 Å². The smallest absolute Gasteiger partial charge is 0.124 e. The van der Waals surface area contributed by atoms with Crippen LogP contribution in [0.2, 0.25) is 5.02 Å². The number of rotatable bonds is 7. The zero-order valence-corrected chi connectivity index (χ0v) is 20.4. The Kier molecular flexibility index (Phi) is 6.25. The molecule has 2 heterocycles. The predicted octanol–water partition coefficient (Wildman–Crippen LogP) is 6.04. The Morgan fingerprint density at radius 1 is 0.886 bits per heavy atom. The van der Waals surface area contributed by atoms with Crippen molar-refractivity contribution in [2.45, 2.75) is 6.54 Å². The molecule has 0 aliphatic rings. The first-order chi connectivity index (χ1) is 17.0. The van der Waals surface area contributed by atoms with E-state index in [1.807, 2.05) is 67.8 Å². The van der Waals surface area contributed by atoms with Gasteiger partial charge < -0.3 is 14.4 Å². The fourth-order valence-corrected chi connectivity index (χ4v) is 4.17. The SMILES string of the molecule is COc1cc(OC)cc(N(Cc2cccc(Cl)c2)c2ccc3ncc(-c4cnn(C)c4)nc3c2)c1. The van der Waals surface area contributed by atoms with Gasteiger partial charge in [-0.2, -0.15) is 5.10 Å². The molecule has 0 aliphatic carbocycles. The number of hydrogen-bond acceptors (Lipinski definition) is 6. The van der Waals surface area contributed by atoms with Crippen molar-refractivity contribution in [1.82, 2.24) is 19.7 Å². The van der Waals surface area contributed by atoms with Crippen LogP contribution in [0.1, 0.15) is 5.56 Å². The van der Waals surface area contributed by atoms with E-state index >= 15 is 0 Å². The van der Waals surface area contributed by atoms with Gasteiger partial charge in [-0.15, -0.1) is 0 Å². The number of benzene rings is 3. The van der Waals surface area contributed by atoms with E-state index in [9.17, 15) is 0 Å². The van der Waals surface area contributed by atoms with E-state index in [2.05, 4.69) is 21.0 Å². The van der Waals surface area contributed by atoms with Gasteiger partial charge >= 0.3 is 0 Å². The fraction of sp³-hybridized carbons (Fsp3) is 0.148. The molecule has 2 aromatic heterocycles. The average Bonchev–Trinajstić information content (AvgIpc) is 3.32. The second-order valence-corrected chi connectivity index (χ2v) is 8.55. The van der Waals surface area contributed by atoms with Crippen molar-refractivity contribution in [1.29, 1.82) is 0 Å². The molecule has 5 aromatic rings. The van der Waals surface area contributed by atoms with Gasteiger partial charge in [0.15, 0.2) is 0 Å². The summed E-state index contributed by atoms with van der Waals surface area (Å²) in [6.07, 6.45) is 5.48. The van der Waals surface area contributed by atoms with Gasteiger partial charge in [-0.1, -0.05) is 23.7 Å². The molecule has 8 heteroatoms. The minimum atomic E-state index is 0.581. The maximum atomic E-state index is 6.29. The lowest BCUT2D eigenvalue weighted by atomic mass is 10.1. The van der Waals surface area contributed by atoms with E-state index < -0.39 is 0 Å². The van der Waals surface area contributed by atoms with Crippen LogP contribution in [0, 0.1) is 0 Å². The maximum absolute atomic E-state index is 6.29. The highest BCUT2D eigenvalue weighted by Gasteiger charge is 2.15. The normalized spacial score (nSPS) is 11.0. The van der Waals surface area contributed by atoms with Gasteiger partial charge in [0, 0.05) is 59.9 Å². The Balaban J connectivity index is 1.62. The molecular formula is C27H24ClN5O2. The van der Waals surface area contributed by atoms with Crippen LogP contribution in [-0.2, 0) is 13.6 Å². The van der Waals surface area contributed by atoms with E-state index in [1.165, 1.54) is 0 Å². The first-order valence-corrected chi connectivity index (χ1v) is 11.4. The number of hydrogen-bond donors (Lipinski definition) is 0. The monoisotopic (exact) mass is 485 g/mol. The van der Waals surface area contributed by atoms with Crippen molar-refractivity contribution < 1.29 is 9.47 Å². The van der Waals surface area contributed by atoms with Crippen molar-refractivity contribution in [3.05, 3.63) is 89.8 Å². The highest BCUT2D eigenvalue weighted by molar-refractivity contribution is 6.30. The third kappa shape index (κ3) is 4.90. The second-order valence-electron chi connectivity index (χ2n) is 8.12. The Morgan fingerprint density at radius 3 is 2.37 bits per heavy atom. The largest absolute Gasteiger partial charge is 0.497 e. The summed E-state index contributed by atoms with van der Waals surface area (Å²) in [6.45, 7) is 0.581. The summed E-state index contributed by atoms with van der Waals surface area (Å²) in [7, 11) is 5.17. The van der Waals surface area contributed by atoms with Gasteiger partial charge in [0.2, 0.25) is 0 Å². The molecule has 5 rings (SSSR count). The molecule has 0 aliphatic heterocycles. The summed E-state index contributed by atoms with van der Waals surface area (Å²) >= 11 is 6.29. The summed E-state index contributed by atoms with van der Waals surface area (Å²) < 4.78 is 12.8. The minimum absolute atomic E-state index is 0.581. The molecule has 0 radical (unpaired) electrons. The first-order valence-electron chi connectivity index (χ1n) is 11.0. The molecule has 0 spiro atoms. The van der Waals surface area contributed by atoms with Crippen LogP contribution in [0.4, 0.5) is 11.4 Å². The van der Waals surface area contributed by atoms with Crippen molar-refractivity contribution in [2.75, 3.05) is 19.1 Å². The molecule has 35 heavy (non-hydrogen) atoms. The summed E-state index contributed by atoms with van der Waals surface area (Å²) in [5.41, 5.74) is 6.21. The third-order valence-electron chi connectivity index (χ3n) is 5.72. The summed E-state index contributed by atoms with van der Waals surface area (Å²) in [4.78, 5) is 11.7. The van der Waals surface area contributed by atoms with Crippen molar-refractivity contribution >= 4 is 34.0 Å². The van der Waals surface area contributed by atoms with E-state index in [1.54, 1.807) is 31.3 Å². The molecule has 3 aromatic carbocycles. The van der Waals surface area contributed by atoms with Crippen molar-refractivity contribution in [3.8, 4) is 22.8 Å². The lowest BCUT2D eigenvalue weighted by molar-refractivity contribution is 0.394.